The van der Waals surface area contributed by atoms with Gasteiger partial charge in [-0.1, -0.05) is 0 Å². The Morgan fingerprint density at radius 2 is 2.47 bits per heavy atom. The summed E-state index contributed by atoms with van der Waals surface area (Å²) in [7, 11) is 1.62. The van der Waals surface area contributed by atoms with Gasteiger partial charge in [0, 0.05) is 19.9 Å². The summed E-state index contributed by atoms with van der Waals surface area (Å²) in [5, 5.41) is 10.3. The molecule has 1 aromatic heterocycles. The molecule has 0 radical (unpaired) electrons. The minimum Gasteiger partial charge on any atom is -0.385 e. The van der Waals surface area contributed by atoms with E-state index in [1.165, 1.54) is 0 Å². The zero-order valence-electron chi connectivity index (χ0n) is 9.93. The molecular formula is C11H18N4O2. The second kappa shape index (κ2) is 7.70. The van der Waals surface area contributed by atoms with Crippen LogP contribution in [-0.2, 0) is 16.1 Å². The van der Waals surface area contributed by atoms with Gasteiger partial charge in [-0.15, -0.1) is 0 Å². The highest BCUT2D eigenvalue weighted by Gasteiger charge is 2.12. The van der Waals surface area contributed by atoms with Crippen molar-refractivity contribution in [2.75, 3.05) is 13.7 Å². The predicted molar refractivity (Wildman–Crippen MR) is 63.0 cm³/mol. The number of amides is 1. The number of nitrogens with two attached hydrogens (primary N) is 1. The molecule has 1 rings (SSSR count). The molecule has 0 aromatic carbocycles. The number of rotatable bonds is 7. The van der Waals surface area contributed by atoms with Gasteiger partial charge in [0.05, 0.1) is 18.3 Å². The first-order valence-electron chi connectivity index (χ1n) is 5.53. The maximum atomic E-state index is 11.6. The molecule has 0 spiro atoms. The molecule has 0 aliphatic rings. The van der Waals surface area contributed by atoms with Gasteiger partial charge in [-0.3, -0.25) is 4.79 Å². The van der Waals surface area contributed by atoms with Crippen molar-refractivity contribution in [1.82, 2.24) is 15.5 Å². The Hall–Kier alpha value is -1.53. The molecule has 1 atom stereocenters. The van der Waals surface area contributed by atoms with Gasteiger partial charge in [-0.05, 0) is 25.0 Å². The number of ether oxygens (including phenoxy) is 1. The second-order valence-electron chi connectivity index (χ2n) is 3.67. The van der Waals surface area contributed by atoms with Crippen LogP contribution in [0.5, 0.6) is 0 Å². The van der Waals surface area contributed by atoms with Crippen LogP contribution in [0, 0.1) is 0 Å². The number of methoxy groups -OCH3 is 1. The van der Waals surface area contributed by atoms with Crippen LogP contribution in [0.4, 0.5) is 0 Å². The van der Waals surface area contributed by atoms with Gasteiger partial charge < -0.3 is 15.8 Å². The molecule has 6 heteroatoms. The Labute approximate surface area is 101 Å². The highest BCUT2D eigenvalue weighted by atomic mass is 16.5. The highest BCUT2D eigenvalue weighted by Crippen LogP contribution is 1.96. The van der Waals surface area contributed by atoms with E-state index in [0.29, 0.717) is 25.3 Å². The lowest BCUT2D eigenvalue weighted by atomic mass is 10.1. The number of aromatic nitrogens is 2. The predicted octanol–water partition coefficient (Wildman–Crippen LogP) is -0.153. The number of carbonyl (C=O) groups excluding carboxylic acids is 1. The van der Waals surface area contributed by atoms with E-state index in [0.717, 1.165) is 6.42 Å². The Bertz CT molecular complexity index is 332. The quantitative estimate of drug-likeness (QED) is 0.644. The van der Waals surface area contributed by atoms with Gasteiger partial charge in [0.15, 0.2) is 0 Å². The first kappa shape index (κ1) is 13.5. The molecule has 1 unspecified atom stereocenters. The van der Waals surface area contributed by atoms with Gasteiger partial charge in [0.1, 0.15) is 0 Å². The zero-order chi connectivity index (χ0) is 12.5. The maximum Gasteiger partial charge on any atom is 0.237 e. The molecule has 0 saturated carbocycles. The minimum absolute atomic E-state index is 0.174. The van der Waals surface area contributed by atoms with E-state index in [1.807, 2.05) is 0 Å². The Morgan fingerprint density at radius 1 is 1.65 bits per heavy atom. The van der Waals surface area contributed by atoms with E-state index >= 15 is 0 Å². The van der Waals surface area contributed by atoms with Crippen molar-refractivity contribution in [1.29, 1.82) is 0 Å². The summed E-state index contributed by atoms with van der Waals surface area (Å²) < 4.78 is 4.90. The Kier molecular flexibility index (Phi) is 6.13. The van der Waals surface area contributed by atoms with Crippen molar-refractivity contribution >= 4 is 5.91 Å². The molecule has 3 N–H and O–H groups in total. The molecule has 1 heterocycles. The third-order valence-corrected chi connectivity index (χ3v) is 2.27. The van der Waals surface area contributed by atoms with Crippen LogP contribution in [0.2, 0.25) is 0 Å². The summed E-state index contributed by atoms with van der Waals surface area (Å²) in [6.45, 7) is 0.968. The summed E-state index contributed by atoms with van der Waals surface area (Å²) in [4.78, 5) is 11.6. The molecular weight excluding hydrogens is 220 g/mol. The summed E-state index contributed by atoms with van der Waals surface area (Å²) in [6.07, 6.45) is 2.97. The molecule has 17 heavy (non-hydrogen) atoms. The summed E-state index contributed by atoms with van der Waals surface area (Å²) >= 11 is 0. The van der Waals surface area contributed by atoms with Crippen LogP contribution >= 0.6 is 0 Å². The van der Waals surface area contributed by atoms with Crippen LogP contribution in [-0.4, -0.2) is 35.9 Å². The van der Waals surface area contributed by atoms with Gasteiger partial charge >= 0.3 is 0 Å². The molecule has 0 bridgehead atoms. The van der Waals surface area contributed by atoms with Crippen LogP contribution < -0.4 is 11.1 Å². The molecule has 94 valence electrons. The van der Waals surface area contributed by atoms with Crippen molar-refractivity contribution in [2.24, 2.45) is 5.73 Å². The third kappa shape index (κ3) is 5.37. The summed E-state index contributed by atoms with van der Waals surface area (Å²) in [5.74, 6) is -0.174. The number of nitrogens with one attached hydrogen (secondary N) is 1. The third-order valence-electron chi connectivity index (χ3n) is 2.27. The molecule has 0 aliphatic carbocycles. The SMILES string of the molecule is COCCCC(N)C(=O)NCc1cccnn1. The lowest BCUT2D eigenvalue weighted by Crippen LogP contribution is -2.40. The van der Waals surface area contributed by atoms with E-state index in [1.54, 1.807) is 25.4 Å². The first-order chi connectivity index (χ1) is 8.24. The van der Waals surface area contributed by atoms with Crippen LogP contribution in [0.25, 0.3) is 0 Å². The fourth-order valence-corrected chi connectivity index (χ4v) is 1.32. The monoisotopic (exact) mass is 238 g/mol. The fourth-order valence-electron chi connectivity index (χ4n) is 1.32. The van der Waals surface area contributed by atoms with Crippen molar-refractivity contribution in [2.45, 2.75) is 25.4 Å². The number of hydrogen-bond donors (Lipinski definition) is 2. The van der Waals surface area contributed by atoms with E-state index in [9.17, 15) is 4.79 Å². The Balaban J connectivity index is 2.24. The second-order valence-corrected chi connectivity index (χ2v) is 3.67. The van der Waals surface area contributed by atoms with Gasteiger partial charge in [0.25, 0.3) is 0 Å². The lowest BCUT2D eigenvalue weighted by Gasteiger charge is -2.11. The van der Waals surface area contributed by atoms with Crippen LogP contribution in [0.1, 0.15) is 18.5 Å². The van der Waals surface area contributed by atoms with Gasteiger partial charge in [-0.2, -0.15) is 10.2 Å². The number of carbonyl (C=O) groups is 1. The van der Waals surface area contributed by atoms with Crippen molar-refractivity contribution in [3.63, 3.8) is 0 Å². The van der Waals surface area contributed by atoms with E-state index in [4.69, 9.17) is 10.5 Å². The number of hydrogen-bond acceptors (Lipinski definition) is 5. The van der Waals surface area contributed by atoms with Crippen LogP contribution in [0.15, 0.2) is 18.3 Å². The average molecular weight is 238 g/mol. The zero-order valence-corrected chi connectivity index (χ0v) is 9.93. The highest BCUT2D eigenvalue weighted by molar-refractivity contribution is 5.81. The standard InChI is InChI=1S/C11H18N4O2/c1-17-7-3-5-10(12)11(16)13-8-9-4-2-6-14-15-9/h2,4,6,10H,3,5,7-8,12H2,1H3,(H,13,16). The van der Waals surface area contributed by atoms with Gasteiger partial charge in [-0.25, -0.2) is 0 Å². The lowest BCUT2D eigenvalue weighted by molar-refractivity contribution is -0.122. The maximum absolute atomic E-state index is 11.6. The van der Waals surface area contributed by atoms with Crippen LogP contribution in [0.3, 0.4) is 0 Å². The molecule has 0 fully saturated rings. The average Bonchev–Trinajstić information content (AvgIpc) is 2.37. The smallest absolute Gasteiger partial charge is 0.237 e. The van der Waals surface area contributed by atoms with Crippen molar-refractivity contribution in [3.05, 3.63) is 24.0 Å². The normalized spacial score (nSPS) is 12.1. The molecule has 6 nitrogen and oxygen atoms in total. The summed E-state index contributed by atoms with van der Waals surface area (Å²) in [5.41, 5.74) is 6.43. The minimum atomic E-state index is -0.498. The van der Waals surface area contributed by atoms with Crippen molar-refractivity contribution < 1.29 is 9.53 Å². The molecule has 0 aliphatic heterocycles. The largest absolute Gasteiger partial charge is 0.385 e. The Morgan fingerprint density at radius 3 is 3.12 bits per heavy atom. The molecule has 1 aromatic rings. The number of nitrogens with zero attached hydrogens (tertiary/aromatic N) is 2. The van der Waals surface area contributed by atoms with Crippen molar-refractivity contribution in [3.8, 4) is 0 Å². The molecule has 0 saturated heterocycles. The van der Waals surface area contributed by atoms with E-state index < -0.39 is 6.04 Å². The fraction of sp³-hybridized carbons (Fsp3) is 0.545. The first-order valence-corrected chi connectivity index (χ1v) is 5.53. The topological polar surface area (TPSA) is 90.1 Å². The van der Waals surface area contributed by atoms with E-state index in [2.05, 4.69) is 15.5 Å². The summed E-state index contributed by atoms with van der Waals surface area (Å²) in [6, 6.07) is 3.07. The van der Waals surface area contributed by atoms with E-state index in [-0.39, 0.29) is 5.91 Å². The molecule has 1 amide bonds. The van der Waals surface area contributed by atoms with Gasteiger partial charge in [0.2, 0.25) is 5.91 Å².